The molecule has 1 aromatic rings. The maximum atomic E-state index is 5.95. The standard InChI is InChI=1S/C12H18BrNO2/c1-7(2)16-12-10(15-4)6-5-9(13)11(12)8(3)14/h5-8H,14H2,1-4H3. The second-order valence-electron chi connectivity index (χ2n) is 3.95. The number of benzene rings is 1. The van der Waals surface area contributed by atoms with E-state index in [-0.39, 0.29) is 12.1 Å². The molecular weight excluding hydrogens is 270 g/mol. The molecule has 0 aliphatic rings. The fourth-order valence-electron chi connectivity index (χ4n) is 1.50. The molecule has 0 radical (unpaired) electrons. The average molecular weight is 288 g/mol. The molecule has 3 nitrogen and oxygen atoms in total. The molecule has 4 heteroatoms. The predicted molar refractivity (Wildman–Crippen MR) is 69.1 cm³/mol. The molecule has 0 aromatic heterocycles. The SMILES string of the molecule is COc1ccc(Br)c(C(C)N)c1OC(C)C. The van der Waals surface area contributed by atoms with Crippen LogP contribution in [0.15, 0.2) is 16.6 Å². The van der Waals surface area contributed by atoms with E-state index in [2.05, 4.69) is 15.9 Å². The van der Waals surface area contributed by atoms with Gasteiger partial charge in [-0.15, -0.1) is 0 Å². The highest BCUT2D eigenvalue weighted by Crippen LogP contribution is 2.39. The van der Waals surface area contributed by atoms with Crippen LogP contribution in [0.25, 0.3) is 0 Å². The summed E-state index contributed by atoms with van der Waals surface area (Å²) in [4.78, 5) is 0. The molecule has 0 spiro atoms. The van der Waals surface area contributed by atoms with Crippen molar-refractivity contribution < 1.29 is 9.47 Å². The minimum atomic E-state index is -0.113. The fourth-order valence-corrected chi connectivity index (χ4v) is 2.17. The van der Waals surface area contributed by atoms with Crippen LogP contribution in [0.1, 0.15) is 32.4 Å². The molecular formula is C12H18BrNO2. The van der Waals surface area contributed by atoms with E-state index in [9.17, 15) is 0 Å². The number of hydrogen-bond acceptors (Lipinski definition) is 3. The maximum absolute atomic E-state index is 5.95. The van der Waals surface area contributed by atoms with Crippen LogP contribution in [0.5, 0.6) is 11.5 Å². The van der Waals surface area contributed by atoms with Gasteiger partial charge in [0.15, 0.2) is 11.5 Å². The van der Waals surface area contributed by atoms with Crippen LogP contribution >= 0.6 is 15.9 Å². The van der Waals surface area contributed by atoms with Crippen LogP contribution < -0.4 is 15.2 Å². The molecule has 0 aliphatic heterocycles. The lowest BCUT2D eigenvalue weighted by Gasteiger charge is -2.20. The molecule has 0 amide bonds. The number of hydrogen-bond donors (Lipinski definition) is 1. The monoisotopic (exact) mass is 287 g/mol. The highest BCUT2D eigenvalue weighted by molar-refractivity contribution is 9.10. The van der Waals surface area contributed by atoms with E-state index in [1.54, 1.807) is 7.11 Å². The Morgan fingerprint density at radius 1 is 1.25 bits per heavy atom. The Hall–Kier alpha value is -0.740. The summed E-state index contributed by atoms with van der Waals surface area (Å²) in [5.74, 6) is 1.44. The van der Waals surface area contributed by atoms with Crippen LogP contribution in [0, 0.1) is 0 Å². The average Bonchev–Trinajstić information content (AvgIpc) is 2.16. The summed E-state index contributed by atoms with van der Waals surface area (Å²) in [6.45, 7) is 5.88. The zero-order chi connectivity index (χ0) is 12.3. The summed E-state index contributed by atoms with van der Waals surface area (Å²) < 4.78 is 12.0. The van der Waals surface area contributed by atoms with Crippen molar-refractivity contribution in [2.75, 3.05) is 7.11 Å². The van der Waals surface area contributed by atoms with Gasteiger partial charge in [0.1, 0.15) is 0 Å². The van der Waals surface area contributed by atoms with Crippen LogP contribution in [0.4, 0.5) is 0 Å². The minimum Gasteiger partial charge on any atom is -0.493 e. The molecule has 0 bridgehead atoms. The normalized spacial score (nSPS) is 12.7. The van der Waals surface area contributed by atoms with Gasteiger partial charge in [-0.2, -0.15) is 0 Å². The Labute approximate surface area is 105 Å². The predicted octanol–water partition coefficient (Wildman–Crippen LogP) is 3.26. The largest absolute Gasteiger partial charge is 0.493 e. The Bertz CT molecular complexity index is 364. The smallest absolute Gasteiger partial charge is 0.167 e. The number of halogens is 1. The lowest BCUT2D eigenvalue weighted by Crippen LogP contribution is -2.13. The van der Waals surface area contributed by atoms with Crippen LogP contribution in [-0.4, -0.2) is 13.2 Å². The summed E-state index contributed by atoms with van der Waals surface area (Å²) >= 11 is 3.49. The first kappa shape index (κ1) is 13.3. The fraction of sp³-hybridized carbons (Fsp3) is 0.500. The van der Waals surface area contributed by atoms with Gasteiger partial charge < -0.3 is 15.2 Å². The zero-order valence-corrected chi connectivity index (χ0v) is 11.7. The number of rotatable bonds is 4. The van der Waals surface area contributed by atoms with Gasteiger partial charge in [0.2, 0.25) is 0 Å². The van der Waals surface area contributed by atoms with E-state index < -0.39 is 0 Å². The number of ether oxygens (including phenoxy) is 2. The van der Waals surface area contributed by atoms with Crippen LogP contribution in [0.2, 0.25) is 0 Å². The van der Waals surface area contributed by atoms with Crippen molar-refractivity contribution in [1.82, 2.24) is 0 Å². The molecule has 0 fully saturated rings. The molecule has 0 saturated heterocycles. The number of nitrogens with two attached hydrogens (primary N) is 1. The molecule has 0 heterocycles. The second kappa shape index (κ2) is 5.55. The maximum Gasteiger partial charge on any atom is 0.167 e. The second-order valence-corrected chi connectivity index (χ2v) is 4.80. The highest BCUT2D eigenvalue weighted by Gasteiger charge is 2.18. The van der Waals surface area contributed by atoms with Crippen molar-refractivity contribution in [3.8, 4) is 11.5 Å². The first-order chi connectivity index (χ1) is 7.47. The summed E-state index contributed by atoms with van der Waals surface area (Å²) in [6.07, 6.45) is 0.0840. The zero-order valence-electron chi connectivity index (χ0n) is 10.1. The van der Waals surface area contributed by atoms with Gasteiger partial charge in [0.05, 0.1) is 13.2 Å². The molecule has 1 rings (SSSR count). The minimum absolute atomic E-state index is 0.0840. The van der Waals surface area contributed by atoms with Crippen molar-refractivity contribution >= 4 is 15.9 Å². The van der Waals surface area contributed by atoms with Crippen molar-refractivity contribution in [3.63, 3.8) is 0 Å². The summed E-state index contributed by atoms with van der Waals surface area (Å²) in [6, 6.07) is 3.68. The summed E-state index contributed by atoms with van der Waals surface area (Å²) in [5, 5.41) is 0. The molecule has 90 valence electrons. The Morgan fingerprint density at radius 2 is 1.88 bits per heavy atom. The molecule has 16 heavy (non-hydrogen) atoms. The van der Waals surface area contributed by atoms with E-state index >= 15 is 0 Å². The van der Waals surface area contributed by atoms with Gasteiger partial charge in [-0.05, 0) is 32.9 Å². The first-order valence-electron chi connectivity index (χ1n) is 5.26. The van der Waals surface area contributed by atoms with E-state index in [4.69, 9.17) is 15.2 Å². The number of methoxy groups -OCH3 is 1. The third-order valence-electron chi connectivity index (χ3n) is 2.14. The Balaban J connectivity index is 3.30. The molecule has 1 atom stereocenters. The van der Waals surface area contributed by atoms with Gasteiger partial charge in [-0.25, -0.2) is 0 Å². The van der Waals surface area contributed by atoms with Gasteiger partial charge in [-0.3, -0.25) is 0 Å². The summed E-state index contributed by atoms with van der Waals surface area (Å²) in [7, 11) is 1.63. The van der Waals surface area contributed by atoms with E-state index in [0.29, 0.717) is 5.75 Å². The van der Waals surface area contributed by atoms with Crippen LogP contribution in [0.3, 0.4) is 0 Å². The van der Waals surface area contributed by atoms with Gasteiger partial charge in [-0.1, -0.05) is 15.9 Å². The topological polar surface area (TPSA) is 44.5 Å². The van der Waals surface area contributed by atoms with Gasteiger partial charge in [0.25, 0.3) is 0 Å². The van der Waals surface area contributed by atoms with E-state index in [1.165, 1.54) is 0 Å². The third-order valence-corrected chi connectivity index (χ3v) is 2.83. The van der Waals surface area contributed by atoms with Crippen molar-refractivity contribution in [3.05, 3.63) is 22.2 Å². The third kappa shape index (κ3) is 2.89. The van der Waals surface area contributed by atoms with Crippen molar-refractivity contribution in [2.24, 2.45) is 5.73 Å². The van der Waals surface area contributed by atoms with Gasteiger partial charge >= 0.3 is 0 Å². The Morgan fingerprint density at radius 3 is 2.31 bits per heavy atom. The molecule has 1 aromatic carbocycles. The Kier molecular flexibility index (Phi) is 4.62. The quantitative estimate of drug-likeness (QED) is 0.924. The summed E-state index contributed by atoms with van der Waals surface area (Å²) in [5.41, 5.74) is 6.89. The lowest BCUT2D eigenvalue weighted by molar-refractivity contribution is 0.226. The van der Waals surface area contributed by atoms with Crippen molar-refractivity contribution in [2.45, 2.75) is 32.9 Å². The van der Waals surface area contributed by atoms with E-state index in [1.807, 2.05) is 32.9 Å². The molecule has 1 unspecified atom stereocenters. The molecule has 0 aliphatic carbocycles. The van der Waals surface area contributed by atoms with Crippen molar-refractivity contribution in [1.29, 1.82) is 0 Å². The lowest BCUT2D eigenvalue weighted by atomic mass is 10.1. The first-order valence-corrected chi connectivity index (χ1v) is 6.05. The molecule has 0 saturated carbocycles. The van der Waals surface area contributed by atoms with E-state index in [0.717, 1.165) is 15.8 Å². The molecule has 2 N–H and O–H groups in total. The van der Waals surface area contributed by atoms with Gasteiger partial charge in [0, 0.05) is 16.1 Å². The van der Waals surface area contributed by atoms with Crippen LogP contribution in [-0.2, 0) is 0 Å². The highest BCUT2D eigenvalue weighted by atomic mass is 79.9.